The van der Waals surface area contributed by atoms with Crippen LogP contribution >= 0.6 is 0 Å². The van der Waals surface area contributed by atoms with E-state index in [1.807, 2.05) is 6.92 Å². The molecule has 0 radical (unpaired) electrons. The third kappa shape index (κ3) is 6.31. The predicted octanol–water partition coefficient (Wildman–Crippen LogP) is 5.83. The lowest BCUT2D eigenvalue weighted by atomic mass is 9.88. The summed E-state index contributed by atoms with van der Waals surface area (Å²) in [6.45, 7) is 1.90. The van der Waals surface area contributed by atoms with Gasteiger partial charge < -0.3 is 24.8 Å². The van der Waals surface area contributed by atoms with Crippen LogP contribution in [-0.2, 0) is 4.74 Å². The van der Waals surface area contributed by atoms with Gasteiger partial charge in [-0.1, -0.05) is 68.3 Å². The minimum absolute atomic E-state index is 0.0456. The molecule has 9 nitrogen and oxygen atoms in total. The highest BCUT2D eigenvalue weighted by Crippen LogP contribution is 2.46. The maximum Gasteiger partial charge on any atom is 0.343 e. The Morgan fingerprint density at radius 1 is 0.595 bits per heavy atom. The molecule has 0 fully saturated rings. The summed E-state index contributed by atoms with van der Waals surface area (Å²) in [6.07, 6.45) is 2.06. The highest BCUT2D eigenvalue weighted by atomic mass is 16.5. The molecule has 0 saturated carbocycles. The molecule has 4 rings (SSSR count). The second-order valence-electron chi connectivity index (χ2n) is 9.32. The standard InChI is InChI=1S/C33H28O9/c1-2-3-10-19-41-33(40)24-25(27(35)20-11-6-4-7-12-20)29(37)30(38)31(42-32(39)22-13-8-5-9-14-22)26(24)28(36)21-15-17-23(34)18-16-21/h4-9,11-18,34,37-38H,2-3,10,19H2,1H3. The number of benzene rings is 4. The average molecular weight is 569 g/mol. The van der Waals surface area contributed by atoms with Crippen LogP contribution in [0.15, 0.2) is 84.9 Å². The molecule has 42 heavy (non-hydrogen) atoms. The number of rotatable bonds is 11. The van der Waals surface area contributed by atoms with Crippen molar-refractivity contribution in [3.63, 3.8) is 0 Å². The molecule has 0 atom stereocenters. The average Bonchev–Trinajstić information content (AvgIpc) is 3.01. The van der Waals surface area contributed by atoms with Crippen molar-refractivity contribution in [2.45, 2.75) is 26.2 Å². The van der Waals surface area contributed by atoms with Crippen molar-refractivity contribution in [3.05, 3.63) is 118 Å². The topological polar surface area (TPSA) is 147 Å². The Bertz CT molecular complexity index is 1610. The zero-order valence-corrected chi connectivity index (χ0v) is 22.7. The number of phenolic OH excluding ortho intramolecular Hbond substituents is 3. The first kappa shape index (κ1) is 29.5. The minimum Gasteiger partial charge on any atom is -0.508 e. The molecule has 3 N–H and O–H groups in total. The molecule has 0 bridgehead atoms. The number of unbranched alkanes of at least 4 members (excludes halogenated alkanes) is 2. The molecule has 0 aromatic heterocycles. The van der Waals surface area contributed by atoms with Crippen molar-refractivity contribution in [1.29, 1.82) is 0 Å². The number of ether oxygens (including phenoxy) is 2. The van der Waals surface area contributed by atoms with Gasteiger partial charge in [-0.05, 0) is 42.8 Å². The fraction of sp³-hybridized carbons (Fsp3) is 0.152. The Morgan fingerprint density at radius 2 is 1.14 bits per heavy atom. The van der Waals surface area contributed by atoms with Crippen molar-refractivity contribution in [3.8, 4) is 23.0 Å². The number of ketones is 2. The normalized spacial score (nSPS) is 10.6. The van der Waals surface area contributed by atoms with Crippen LogP contribution in [0, 0.1) is 0 Å². The first-order valence-corrected chi connectivity index (χ1v) is 13.2. The number of hydrogen-bond donors (Lipinski definition) is 3. The maximum absolute atomic E-state index is 14.0. The molecule has 0 aliphatic rings. The van der Waals surface area contributed by atoms with E-state index >= 15 is 0 Å². The summed E-state index contributed by atoms with van der Waals surface area (Å²) in [5.74, 6) is -7.11. The minimum atomic E-state index is -1.14. The monoisotopic (exact) mass is 568 g/mol. The number of carbonyl (C=O) groups excluding carboxylic acids is 4. The van der Waals surface area contributed by atoms with Crippen LogP contribution in [0.2, 0.25) is 0 Å². The van der Waals surface area contributed by atoms with E-state index in [0.717, 1.165) is 12.8 Å². The lowest BCUT2D eigenvalue weighted by molar-refractivity contribution is 0.0489. The largest absolute Gasteiger partial charge is 0.508 e. The summed E-state index contributed by atoms with van der Waals surface area (Å²) in [5.41, 5.74) is -2.02. The molecule has 0 amide bonds. The van der Waals surface area contributed by atoms with Gasteiger partial charge >= 0.3 is 11.9 Å². The van der Waals surface area contributed by atoms with E-state index in [1.54, 1.807) is 36.4 Å². The summed E-state index contributed by atoms with van der Waals surface area (Å²) in [5, 5.41) is 32.0. The Kier molecular flexibility index (Phi) is 9.34. The van der Waals surface area contributed by atoms with Gasteiger partial charge in [0.05, 0.1) is 28.9 Å². The van der Waals surface area contributed by atoms with Gasteiger partial charge in [0.1, 0.15) is 5.75 Å². The third-order valence-electron chi connectivity index (χ3n) is 6.41. The van der Waals surface area contributed by atoms with E-state index in [-0.39, 0.29) is 29.0 Å². The molecule has 4 aromatic carbocycles. The van der Waals surface area contributed by atoms with Crippen LogP contribution in [0.5, 0.6) is 23.0 Å². The smallest absolute Gasteiger partial charge is 0.343 e. The zero-order valence-electron chi connectivity index (χ0n) is 22.7. The Labute approximate surface area is 241 Å². The van der Waals surface area contributed by atoms with Crippen LogP contribution in [0.3, 0.4) is 0 Å². The van der Waals surface area contributed by atoms with Crippen LogP contribution in [0.1, 0.15) is 78.7 Å². The highest BCUT2D eigenvalue weighted by Gasteiger charge is 2.37. The maximum atomic E-state index is 14.0. The zero-order chi connectivity index (χ0) is 30.2. The fourth-order valence-electron chi connectivity index (χ4n) is 4.25. The van der Waals surface area contributed by atoms with Crippen molar-refractivity contribution in [1.82, 2.24) is 0 Å². The van der Waals surface area contributed by atoms with E-state index in [4.69, 9.17) is 9.47 Å². The first-order chi connectivity index (χ1) is 20.2. The van der Waals surface area contributed by atoms with Crippen LogP contribution in [0.25, 0.3) is 0 Å². The summed E-state index contributed by atoms with van der Waals surface area (Å²) in [6, 6.07) is 20.2. The van der Waals surface area contributed by atoms with E-state index in [9.17, 15) is 34.5 Å². The molecular weight excluding hydrogens is 540 g/mol. The Balaban J connectivity index is 2.00. The fourth-order valence-corrected chi connectivity index (χ4v) is 4.25. The lowest BCUT2D eigenvalue weighted by Crippen LogP contribution is -2.22. The number of esters is 2. The molecule has 0 unspecified atom stereocenters. The predicted molar refractivity (Wildman–Crippen MR) is 152 cm³/mol. The number of phenols is 3. The first-order valence-electron chi connectivity index (χ1n) is 13.2. The van der Waals surface area contributed by atoms with Crippen molar-refractivity contribution >= 4 is 23.5 Å². The third-order valence-corrected chi connectivity index (χ3v) is 6.41. The van der Waals surface area contributed by atoms with Crippen LogP contribution < -0.4 is 4.74 Å². The lowest BCUT2D eigenvalue weighted by Gasteiger charge is -2.20. The molecular formula is C33H28O9. The molecule has 0 spiro atoms. The quantitative estimate of drug-likeness (QED) is 0.0668. The molecule has 9 heteroatoms. The molecule has 0 aliphatic carbocycles. The van der Waals surface area contributed by atoms with Gasteiger partial charge in [0, 0.05) is 11.1 Å². The van der Waals surface area contributed by atoms with Gasteiger partial charge in [0.15, 0.2) is 23.1 Å². The summed E-state index contributed by atoms with van der Waals surface area (Å²) in [7, 11) is 0. The molecule has 0 aliphatic heterocycles. The van der Waals surface area contributed by atoms with Gasteiger partial charge in [-0.2, -0.15) is 0 Å². The van der Waals surface area contributed by atoms with E-state index in [0.29, 0.717) is 6.42 Å². The van der Waals surface area contributed by atoms with E-state index in [2.05, 4.69) is 0 Å². The molecule has 0 heterocycles. The highest BCUT2D eigenvalue weighted by molar-refractivity contribution is 6.24. The SMILES string of the molecule is CCCCCOC(=O)c1c(C(=O)c2ccccc2)c(O)c(O)c(OC(=O)c2ccccc2)c1C(=O)c1ccc(O)cc1. The number of hydrogen-bond acceptors (Lipinski definition) is 9. The molecule has 214 valence electrons. The Hall–Kier alpha value is -5.44. The van der Waals surface area contributed by atoms with Gasteiger partial charge in [0.25, 0.3) is 0 Å². The second kappa shape index (κ2) is 13.3. The van der Waals surface area contributed by atoms with Crippen molar-refractivity contribution in [2.24, 2.45) is 0 Å². The van der Waals surface area contributed by atoms with Crippen LogP contribution in [-0.4, -0.2) is 45.4 Å². The number of aromatic hydroxyl groups is 3. The number of carbonyl (C=O) groups is 4. The summed E-state index contributed by atoms with van der Waals surface area (Å²) < 4.78 is 10.9. The van der Waals surface area contributed by atoms with E-state index in [1.165, 1.54) is 48.5 Å². The Morgan fingerprint density at radius 3 is 1.74 bits per heavy atom. The van der Waals surface area contributed by atoms with Crippen LogP contribution in [0.4, 0.5) is 0 Å². The van der Waals surface area contributed by atoms with Crippen molar-refractivity contribution in [2.75, 3.05) is 6.61 Å². The second-order valence-corrected chi connectivity index (χ2v) is 9.32. The molecule has 0 saturated heterocycles. The van der Waals surface area contributed by atoms with Crippen molar-refractivity contribution < 1.29 is 44.0 Å². The van der Waals surface area contributed by atoms with E-state index < -0.39 is 57.4 Å². The molecule has 4 aromatic rings. The summed E-state index contributed by atoms with van der Waals surface area (Å²) in [4.78, 5) is 54.4. The van der Waals surface area contributed by atoms with Gasteiger partial charge in [-0.3, -0.25) is 9.59 Å². The van der Waals surface area contributed by atoms with Gasteiger partial charge in [0.2, 0.25) is 5.75 Å². The van der Waals surface area contributed by atoms with Gasteiger partial charge in [-0.15, -0.1) is 0 Å². The summed E-state index contributed by atoms with van der Waals surface area (Å²) >= 11 is 0. The van der Waals surface area contributed by atoms with Gasteiger partial charge in [-0.25, -0.2) is 9.59 Å².